The van der Waals surface area contributed by atoms with Gasteiger partial charge in [0.1, 0.15) is 6.04 Å². The Morgan fingerprint density at radius 1 is 1.29 bits per heavy atom. The van der Waals surface area contributed by atoms with E-state index in [1.807, 2.05) is 6.92 Å². The number of rotatable bonds is 8. The third-order valence-corrected chi connectivity index (χ3v) is 2.11. The maximum atomic E-state index is 11.3. The SMILES string of the molecule is CCCC[C@H](NC(=O)CNC(=O)CN)C(=O)O. The zero-order chi connectivity index (χ0) is 13.3. The van der Waals surface area contributed by atoms with Crippen molar-refractivity contribution < 1.29 is 19.5 Å². The van der Waals surface area contributed by atoms with Crippen molar-refractivity contribution in [3.63, 3.8) is 0 Å². The topological polar surface area (TPSA) is 122 Å². The molecule has 0 saturated carbocycles. The highest BCUT2D eigenvalue weighted by Crippen LogP contribution is 2.00. The molecule has 7 heteroatoms. The van der Waals surface area contributed by atoms with Gasteiger partial charge in [-0.15, -0.1) is 0 Å². The molecule has 0 fully saturated rings. The maximum absolute atomic E-state index is 11.3. The van der Waals surface area contributed by atoms with Gasteiger partial charge in [-0.1, -0.05) is 19.8 Å². The first-order chi connectivity index (χ1) is 8.01. The summed E-state index contributed by atoms with van der Waals surface area (Å²) >= 11 is 0. The Hall–Kier alpha value is -1.63. The van der Waals surface area contributed by atoms with Crippen LogP contribution in [0.1, 0.15) is 26.2 Å². The minimum absolute atomic E-state index is 0.203. The van der Waals surface area contributed by atoms with Crippen LogP contribution in [0.2, 0.25) is 0 Å². The van der Waals surface area contributed by atoms with Gasteiger partial charge in [0.15, 0.2) is 0 Å². The molecule has 0 rings (SSSR count). The van der Waals surface area contributed by atoms with Crippen molar-refractivity contribution in [2.45, 2.75) is 32.2 Å². The summed E-state index contributed by atoms with van der Waals surface area (Å²) in [5.41, 5.74) is 5.04. The standard InChI is InChI=1S/C10H19N3O4/c1-2-3-4-7(10(16)17)13-9(15)6-12-8(14)5-11/h7H,2-6,11H2,1H3,(H,12,14)(H,13,15)(H,16,17)/t7-/m0/s1. The number of carbonyl (C=O) groups excluding carboxylic acids is 2. The Morgan fingerprint density at radius 2 is 1.94 bits per heavy atom. The van der Waals surface area contributed by atoms with Gasteiger partial charge in [0.05, 0.1) is 13.1 Å². The van der Waals surface area contributed by atoms with Crippen LogP contribution in [0.15, 0.2) is 0 Å². The van der Waals surface area contributed by atoms with Crippen molar-refractivity contribution in [3.05, 3.63) is 0 Å². The van der Waals surface area contributed by atoms with E-state index >= 15 is 0 Å². The van der Waals surface area contributed by atoms with Crippen LogP contribution in [0.5, 0.6) is 0 Å². The lowest BCUT2D eigenvalue weighted by Crippen LogP contribution is -2.46. The average molecular weight is 245 g/mol. The number of hydrogen-bond donors (Lipinski definition) is 4. The lowest BCUT2D eigenvalue weighted by molar-refractivity contribution is -0.141. The molecule has 0 aliphatic rings. The molecule has 0 aromatic rings. The van der Waals surface area contributed by atoms with E-state index in [4.69, 9.17) is 10.8 Å². The van der Waals surface area contributed by atoms with Crippen LogP contribution in [0.4, 0.5) is 0 Å². The molecule has 0 aromatic heterocycles. The summed E-state index contributed by atoms with van der Waals surface area (Å²) < 4.78 is 0. The van der Waals surface area contributed by atoms with Gasteiger partial charge >= 0.3 is 5.97 Å². The number of hydrogen-bond acceptors (Lipinski definition) is 4. The molecule has 98 valence electrons. The van der Waals surface area contributed by atoms with Crippen LogP contribution in [0.3, 0.4) is 0 Å². The van der Waals surface area contributed by atoms with Crippen molar-refractivity contribution in [2.75, 3.05) is 13.1 Å². The summed E-state index contributed by atoms with van der Waals surface area (Å²) in [6.45, 7) is 1.47. The van der Waals surface area contributed by atoms with Gasteiger partial charge in [-0.05, 0) is 6.42 Å². The number of unbranched alkanes of at least 4 members (excludes halogenated alkanes) is 1. The summed E-state index contributed by atoms with van der Waals surface area (Å²) in [6, 6.07) is -0.905. The van der Waals surface area contributed by atoms with Crippen molar-refractivity contribution in [1.29, 1.82) is 0 Å². The van der Waals surface area contributed by atoms with Crippen LogP contribution in [0, 0.1) is 0 Å². The molecule has 2 amide bonds. The summed E-state index contributed by atoms with van der Waals surface area (Å²) in [7, 11) is 0. The second-order valence-corrected chi connectivity index (χ2v) is 3.58. The monoisotopic (exact) mass is 245 g/mol. The Morgan fingerprint density at radius 3 is 2.41 bits per heavy atom. The first-order valence-corrected chi connectivity index (χ1v) is 5.50. The van der Waals surface area contributed by atoms with Crippen molar-refractivity contribution in [1.82, 2.24) is 10.6 Å². The molecular formula is C10H19N3O4. The van der Waals surface area contributed by atoms with E-state index in [9.17, 15) is 14.4 Å². The number of aliphatic carboxylic acids is 1. The Labute approximate surface area is 99.7 Å². The average Bonchev–Trinajstić information content (AvgIpc) is 2.30. The molecule has 0 saturated heterocycles. The molecule has 7 nitrogen and oxygen atoms in total. The quantitative estimate of drug-likeness (QED) is 0.429. The van der Waals surface area contributed by atoms with Crippen molar-refractivity contribution in [3.8, 4) is 0 Å². The number of amides is 2. The molecule has 1 atom stereocenters. The number of carboxylic acids is 1. The summed E-state index contributed by atoms with van der Waals surface area (Å²) in [6.07, 6.45) is 1.94. The molecule has 17 heavy (non-hydrogen) atoms. The van der Waals surface area contributed by atoms with Gasteiger partial charge in [-0.2, -0.15) is 0 Å². The van der Waals surface area contributed by atoms with E-state index < -0.39 is 23.8 Å². The van der Waals surface area contributed by atoms with E-state index in [1.54, 1.807) is 0 Å². The van der Waals surface area contributed by atoms with Crippen LogP contribution < -0.4 is 16.4 Å². The molecule has 0 aliphatic carbocycles. The second kappa shape index (κ2) is 8.51. The first-order valence-electron chi connectivity index (χ1n) is 5.50. The third-order valence-electron chi connectivity index (χ3n) is 2.11. The molecule has 0 aliphatic heterocycles. The zero-order valence-electron chi connectivity index (χ0n) is 9.86. The highest BCUT2D eigenvalue weighted by molar-refractivity contribution is 5.88. The molecule has 0 spiro atoms. The van der Waals surface area contributed by atoms with E-state index in [-0.39, 0.29) is 13.1 Å². The summed E-state index contributed by atoms with van der Waals surface area (Å²) in [5.74, 6) is -2.06. The summed E-state index contributed by atoms with van der Waals surface area (Å²) in [5, 5.41) is 13.5. The van der Waals surface area contributed by atoms with Gasteiger partial charge < -0.3 is 21.5 Å². The highest BCUT2D eigenvalue weighted by atomic mass is 16.4. The minimum atomic E-state index is -1.07. The van der Waals surface area contributed by atoms with Crippen LogP contribution in [0.25, 0.3) is 0 Å². The number of nitrogens with two attached hydrogens (primary N) is 1. The second-order valence-electron chi connectivity index (χ2n) is 3.58. The largest absolute Gasteiger partial charge is 0.480 e. The highest BCUT2D eigenvalue weighted by Gasteiger charge is 2.18. The van der Waals surface area contributed by atoms with Crippen molar-refractivity contribution >= 4 is 17.8 Å². The third kappa shape index (κ3) is 7.29. The molecule has 0 unspecified atom stereocenters. The van der Waals surface area contributed by atoms with E-state index in [1.165, 1.54) is 0 Å². The molecule has 0 aromatic carbocycles. The lowest BCUT2D eigenvalue weighted by Gasteiger charge is -2.14. The lowest BCUT2D eigenvalue weighted by atomic mass is 10.1. The van der Waals surface area contributed by atoms with Gasteiger partial charge in [-0.25, -0.2) is 4.79 Å². The number of nitrogens with one attached hydrogen (secondary N) is 2. The molecule has 5 N–H and O–H groups in total. The van der Waals surface area contributed by atoms with Gasteiger partial charge in [0.2, 0.25) is 11.8 Å². The summed E-state index contributed by atoms with van der Waals surface area (Å²) in [4.78, 5) is 32.9. The van der Waals surface area contributed by atoms with Crippen LogP contribution >= 0.6 is 0 Å². The van der Waals surface area contributed by atoms with Gasteiger partial charge in [0, 0.05) is 0 Å². The van der Waals surface area contributed by atoms with Gasteiger partial charge in [-0.3, -0.25) is 9.59 Å². The molecule has 0 bridgehead atoms. The molecule has 0 heterocycles. The van der Waals surface area contributed by atoms with E-state index in [2.05, 4.69) is 10.6 Å². The fourth-order valence-corrected chi connectivity index (χ4v) is 1.16. The fourth-order valence-electron chi connectivity index (χ4n) is 1.16. The van der Waals surface area contributed by atoms with E-state index in [0.717, 1.165) is 6.42 Å². The maximum Gasteiger partial charge on any atom is 0.326 e. The number of carboxylic acid groups (broad SMARTS) is 1. The fraction of sp³-hybridized carbons (Fsp3) is 0.700. The smallest absolute Gasteiger partial charge is 0.326 e. The Bertz CT molecular complexity index is 281. The first kappa shape index (κ1) is 15.4. The Balaban J connectivity index is 4.03. The molecular weight excluding hydrogens is 226 g/mol. The van der Waals surface area contributed by atoms with Crippen LogP contribution in [-0.4, -0.2) is 42.0 Å². The van der Waals surface area contributed by atoms with E-state index in [0.29, 0.717) is 12.8 Å². The van der Waals surface area contributed by atoms with Gasteiger partial charge in [0.25, 0.3) is 0 Å². The molecule has 0 radical (unpaired) electrons. The van der Waals surface area contributed by atoms with Crippen LogP contribution in [-0.2, 0) is 14.4 Å². The Kier molecular flexibility index (Phi) is 7.70. The van der Waals surface area contributed by atoms with Crippen molar-refractivity contribution in [2.24, 2.45) is 5.73 Å². The predicted molar refractivity (Wildman–Crippen MR) is 61.2 cm³/mol. The zero-order valence-corrected chi connectivity index (χ0v) is 9.86. The number of carbonyl (C=O) groups is 3. The minimum Gasteiger partial charge on any atom is -0.480 e. The normalized spacial score (nSPS) is 11.6. The predicted octanol–water partition coefficient (Wildman–Crippen LogP) is -1.18.